The standard InChI is InChI=1S/C11H14N2O2.C9H12.C7H5F3O/c12-6-8(14)7-15-11-3-1-2-10-9(11)4-5-13-10;1-2-6-9-7-4-3-5-8-9;8-7(9,10)5-1-3-6(11)4-2-5/h1-5,8,13-14H,6-7,12H2;3-5,7-8H,2,6H2,1H3;1-4,11H/t8-;;/m1../s1. The van der Waals surface area contributed by atoms with Crippen molar-refractivity contribution in [2.45, 2.75) is 32.0 Å². The van der Waals surface area contributed by atoms with Gasteiger partial charge in [-0.05, 0) is 54.4 Å². The van der Waals surface area contributed by atoms with Crippen LogP contribution in [0.4, 0.5) is 13.2 Å². The fourth-order valence-electron chi connectivity index (χ4n) is 3.02. The molecule has 1 heterocycles. The number of rotatable bonds is 6. The third-order valence-electron chi connectivity index (χ3n) is 4.83. The SMILES string of the molecule is CCCc1ccccc1.NC[C@@H](O)COc1cccc2[nH]ccc12.Oc1ccc(C(F)(F)F)cc1. The van der Waals surface area contributed by atoms with Crippen LogP contribution in [0.2, 0.25) is 0 Å². The van der Waals surface area contributed by atoms with Crippen molar-refractivity contribution in [1.82, 2.24) is 4.98 Å². The molecule has 0 spiro atoms. The summed E-state index contributed by atoms with van der Waals surface area (Å²) < 4.78 is 41.0. The molecule has 4 rings (SSSR count). The third-order valence-corrected chi connectivity index (χ3v) is 4.83. The maximum Gasteiger partial charge on any atom is 0.416 e. The van der Waals surface area contributed by atoms with Crippen molar-refractivity contribution in [1.29, 1.82) is 0 Å². The molecule has 3 aromatic carbocycles. The maximum absolute atomic E-state index is 11.8. The predicted molar refractivity (Wildman–Crippen MR) is 132 cm³/mol. The smallest absolute Gasteiger partial charge is 0.416 e. The number of ether oxygens (including phenoxy) is 1. The lowest BCUT2D eigenvalue weighted by Crippen LogP contribution is -2.26. The van der Waals surface area contributed by atoms with Crippen LogP contribution in [0.1, 0.15) is 24.5 Å². The zero-order valence-corrected chi connectivity index (χ0v) is 19.5. The van der Waals surface area contributed by atoms with E-state index in [1.165, 1.54) is 18.4 Å². The molecule has 0 saturated heterocycles. The summed E-state index contributed by atoms with van der Waals surface area (Å²) >= 11 is 0. The van der Waals surface area contributed by atoms with E-state index in [2.05, 4.69) is 42.2 Å². The molecular weight excluding hydrogens is 457 g/mol. The van der Waals surface area contributed by atoms with Gasteiger partial charge in [0.05, 0.1) is 5.56 Å². The molecule has 0 radical (unpaired) electrons. The van der Waals surface area contributed by atoms with Crippen LogP contribution in [-0.4, -0.2) is 34.5 Å². The molecule has 0 aliphatic rings. The van der Waals surface area contributed by atoms with Crippen molar-refractivity contribution in [3.63, 3.8) is 0 Å². The Kier molecular flexibility index (Phi) is 11.1. The van der Waals surface area contributed by atoms with E-state index in [-0.39, 0.29) is 18.9 Å². The quantitative estimate of drug-likeness (QED) is 0.271. The van der Waals surface area contributed by atoms with Crippen LogP contribution in [0, 0.1) is 0 Å². The monoisotopic (exact) mass is 488 g/mol. The molecule has 0 bridgehead atoms. The summed E-state index contributed by atoms with van der Waals surface area (Å²) in [4.78, 5) is 3.09. The summed E-state index contributed by atoms with van der Waals surface area (Å²) in [5.74, 6) is 0.597. The molecule has 8 heteroatoms. The minimum absolute atomic E-state index is 0.169. The number of halogens is 3. The second-order valence-corrected chi connectivity index (χ2v) is 7.68. The van der Waals surface area contributed by atoms with Gasteiger partial charge in [0.1, 0.15) is 24.2 Å². The van der Waals surface area contributed by atoms with Crippen LogP contribution in [0.15, 0.2) is 85.1 Å². The van der Waals surface area contributed by atoms with Crippen LogP contribution >= 0.6 is 0 Å². The second kappa shape index (κ2) is 14.0. The molecule has 0 fully saturated rings. The molecule has 0 aliphatic heterocycles. The van der Waals surface area contributed by atoms with Crippen molar-refractivity contribution >= 4 is 10.9 Å². The number of nitrogens with one attached hydrogen (secondary N) is 1. The molecule has 0 amide bonds. The van der Waals surface area contributed by atoms with Gasteiger partial charge in [-0.2, -0.15) is 13.2 Å². The number of hydrogen-bond donors (Lipinski definition) is 4. The molecule has 5 nitrogen and oxygen atoms in total. The Morgan fingerprint density at radius 2 is 1.63 bits per heavy atom. The first-order chi connectivity index (χ1) is 16.7. The Balaban J connectivity index is 0.000000193. The number of H-pyrrole nitrogens is 1. The van der Waals surface area contributed by atoms with Crippen LogP contribution < -0.4 is 10.5 Å². The minimum atomic E-state index is -4.33. The Hall–Kier alpha value is -3.49. The Labute approximate surface area is 203 Å². The van der Waals surface area contributed by atoms with Gasteiger partial charge in [-0.25, -0.2) is 0 Å². The number of aromatic nitrogens is 1. The van der Waals surface area contributed by atoms with Gasteiger partial charge in [-0.3, -0.25) is 0 Å². The van der Waals surface area contributed by atoms with E-state index in [1.807, 2.05) is 30.5 Å². The molecule has 0 aliphatic carbocycles. The van der Waals surface area contributed by atoms with E-state index in [9.17, 15) is 18.3 Å². The number of aromatic amines is 1. The topological polar surface area (TPSA) is 91.5 Å². The van der Waals surface area contributed by atoms with E-state index in [1.54, 1.807) is 0 Å². The third kappa shape index (κ3) is 9.72. The number of aromatic hydroxyl groups is 1. The van der Waals surface area contributed by atoms with E-state index < -0.39 is 17.8 Å². The first-order valence-corrected chi connectivity index (χ1v) is 11.2. The maximum atomic E-state index is 11.8. The van der Waals surface area contributed by atoms with Gasteiger partial charge >= 0.3 is 6.18 Å². The second-order valence-electron chi connectivity index (χ2n) is 7.68. The molecule has 1 atom stereocenters. The van der Waals surface area contributed by atoms with E-state index in [0.29, 0.717) is 0 Å². The zero-order chi connectivity index (χ0) is 25.7. The van der Waals surface area contributed by atoms with Crippen molar-refractivity contribution < 1.29 is 28.1 Å². The molecule has 0 saturated carbocycles. The van der Waals surface area contributed by atoms with Crippen LogP contribution in [0.5, 0.6) is 11.5 Å². The van der Waals surface area contributed by atoms with Gasteiger partial charge in [0.15, 0.2) is 0 Å². The number of hydrogen-bond acceptors (Lipinski definition) is 4. The number of aliphatic hydroxyl groups is 1. The number of alkyl halides is 3. The highest BCUT2D eigenvalue weighted by Crippen LogP contribution is 2.29. The number of phenolic OH excluding ortho intramolecular Hbond substituents is 1. The van der Waals surface area contributed by atoms with Gasteiger partial charge in [0, 0.05) is 23.6 Å². The number of benzene rings is 3. The first-order valence-electron chi connectivity index (χ1n) is 11.2. The van der Waals surface area contributed by atoms with Crippen molar-refractivity contribution in [3.8, 4) is 11.5 Å². The van der Waals surface area contributed by atoms with Gasteiger partial charge in [0.25, 0.3) is 0 Å². The lowest BCUT2D eigenvalue weighted by Gasteiger charge is -2.10. The highest BCUT2D eigenvalue weighted by atomic mass is 19.4. The van der Waals surface area contributed by atoms with Crippen molar-refractivity contribution in [2.24, 2.45) is 5.73 Å². The van der Waals surface area contributed by atoms with Gasteiger partial charge in [-0.1, -0.05) is 49.7 Å². The summed E-state index contributed by atoms with van der Waals surface area (Å²) in [6.07, 6.45) is -0.630. The summed E-state index contributed by atoms with van der Waals surface area (Å²) in [5.41, 5.74) is 7.01. The molecule has 188 valence electrons. The average molecular weight is 489 g/mol. The van der Waals surface area contributed by atoms with Crippen molar-refractivity contribution in [3.05, 3.63) is 96.2 Å². The number of nitrogens with two attached hydrogens (primary N) is 1. The van der Waals surface area contributed by atoms with Crippen LogP contribution in [-0.2, 0) is 12.6 Å². The van der Waals surface area contributed by atoms with E-state index in [0.717, 1.165) is 40.9 Å². The normalized spacial score (nSPS) is 11.6. The Morgan fingerprint density at radius 1 is 0.943 bits per heavy atom. The molecule has 5 N–H and O–H groups in total. The molecule has 4 aromatic rings. The van der Waals surface area contributed by atoms with Gasteiger partial charge in [-0.15, -0.1) is 0 Å². The van der Waals surface area contributed by atoms with Crippen molar-refractivity contribution in [2.75, 3.05) is 13.2 Å². The predicted octanol–water partition coefficient (Wildman–Crippen LogP) is 5.92. The first kappa shape index (κ1) is 27.8. The molecule has 1 aromatic heterocycles. The summed E-state index contributed by atoms with van der Waals surface area (Å²) in [6, 6.07) is 21.9. The molecular formula is C27H31F3N2O3. The fourth-order valence-corrected chi connectivity index (χ4v) is 3.02. The Morgan fingerprint density at radius 3 is 2.23 bits per heavy atom. The molecule has 0 unspecified atom stereocenters. The number of phenols is 1. The fraction of sp³-hybridized carbons (Fsp3) is 0.259. The summed E-state index contributed by atoms with van der Waals surface area (Å²) in [6.45, 7) is 2.64. The zero-order valence-electron chi connectivity index (χ0n) is 19.5. The highest BCUT2D eigenvalue weighted by molar-refractivity contribution is 5.85. The average Bonchev–Trinajstić information content (AvgIpc) is 3.33. The number of fused-ring (bicyclic) bond motifs is 1. The minimum Gasteiger partial charge on any atom is -0.508 e. The lowest BCUT2D eigenvalue weighted by atomic mass is 10.1. The van der Waals surface area contributed by atoms with E-state index >= 15 is 0 Å². The lowest BCUT2D eigenvalue weighted by molar-refractivity contribution is -0.137. The van der Waals surface area contributed by atoms with E-state index in [4.69, 9.17) is 15.6 Å². The van der Waals surface area contributed by atoms with Crippen LogP contribution in [0.25, 0.3) is 10.9 Å². The molecule has 35 heavy (non-hydrogen) atoms. The number of aryl methyl sites for hydroxylation is 1. The summed E-state index contributed by atoms with van der Waals surface area (Å²) in [7, 11) is 0. The van der Waals surface area contributed by atoms with Gasteiger partial charge < -0.3 is 25.7 Å². The Bertz CT molecular complexity index is 1110. The highest BCUT2D eigenvalue weighted by Gasteiger charge is 2.29. The summed E-state index contributed by atoms with van der Waals surface area (Å²) in [5, 5.41) is 19.0. The van der Waals surface area contributed by atoms with Gasteiger partial charge in [0.2, 0.25) is 0 Å². The van der Waals surface area contributed by atoms with Crippen LogP contribution in [0.3, 0.4) is 0 Å². The number of aliphatic hydroxyl groups excluding tert-OH is 1. The largest absolute Gasteiger partial charge is 0.508 e.